The Morgan fingerprint density at radius 3 is 2.82 bits per heavy atom. The van der Waals surface area contributed by atoms with Crippen molar-refractivity contribution in [2.75, 3.05) is 18.4 Å². The smallest absolute Gasteiger partial charge is 0.408 e. The van der Waals surface area contributed by atoms with Crippen LogP contribution in [0.4, 0.5) is 9.80 Å². The second-order valence-electron chi connectivity index (χ2n) is 8.35. The van der Waals surface area contributed by atoms with E-state index >= 15 is 0 Å². The van der Waals surface area contributed by atoms with Crippen molar-refractivity contribution >= 4 is 40.3 Å². The van der Waals surface area contributed by atoms with E-state index in [1.165, 1.54) is 17.4 Å². The molecule has 9 nitrogen and oxygen atoms in total. The Kier molecular flexibility index (Phi) is 7.45. The molecule has 2 N–H and O–H groups in total. The first-order valence-corrected chi connectivity index (χ1v) is 11.2. The topological polar surface area (TPSA) is 124 Å². The van der Waals surface area contributed by atoms with Crippen LogP contribution >= 0.6 is 11.3 Å². The zero-order valence-electron chi connectivity index (χ0n) is 18.7. The molecule has 172 valence electrons. The average Bonchev–Trinajstić information content (AvgIpc) is 3.11. The SMILES string of the molecule is CC(C)(C)OC(=O)NCC(=O)N1CCc2c(sc(NC(=O)C=Cc3cccnc3)c2C#N)C1. The van der Waals surface area contributed by atoms with E-state index in [-0.39, 0.29) is 18.4 Å². The standard InChI is InChI=1S/C23H25N5O4S/c1-23(2,3)32-22(31)26-13-20(30)28-10-8-16-17(11-24)21(33-18(16)14-28)27-19(29)7-6-15-5-4-9-25-12-15/h4-7,9,12H,8,10,13-14H2,1-3H3,(H,26,31)(H,27,29). The number of amides is 3. The normalized spacial score (nSPS) is 13.2. The quantitative estimate of drug-likeness (QED) is 0.651. The highest BCUT2D eigenvalue weighted by Crippen LogP contribution is 2.36. The molecule has 3 rings (SSSR count). The lowest BCUT2D eigenvalue weighted by molar-refractivity contribution is -0.131. The van der Waals surface area contributed by atoms with Gasteiger partial charge in [-0.2, -0.15) is 5.26 Å². The first-order chi connectivity index (χ1) is 15.7. The van der Waals surface area contributed by atoms with Crippen molar-refractivity contribution in [2.24, 2.45) is 0 Å². The summed E-state index contributed by atoms with van der Waals surface area (Å²) in [5.74, 6) is -0.605. The molecule has 1 aliphatic heterocycles. The van der Waals surface area contributed by atoms with E-state index in [0.29, 0.717) is 30.1 Å². The number of ether oxygens (including phenoxy) is 1. The van der Waals surface area contributed by atoms with Crippen LogP contribution in [0.15, 0.2) is 30.6 Å². The van der Waals surface area contributed by atoms with Crippen LogP contribution in [0.25, 0.3) is 6.08 Å². The molecule has 1 aliphatic rings. The highest BCUT2D eigenvalue weighted by atomic mass is 32.1. The molecule has 0 aliphatic carbocycles. The van der Waals surface area contributed by atoms with Gasteiger partial charge in [-0.15, -0.1) is 11.3 Å². The van der Waals surface area contributed by atoms with E-state index in [0.717, 1.165) is 16.0 Å². The zero-order chi connectivity index (χ0) is 24.0. The number of carbonyl (C=O) groups is 3. The second kappa shape index (κ2) is 10.3. The maximum atomic E-state index is 12.5. The minimum atomic E-state index is -0.652. The van der Waals surface area contributed by atoms with Crippen LogP contribution < -0.4 is 10.6 Å². The summed E-state index contributed by atoms with van der Waals surface area (Å²) in [5.41, 5.74) is 1.41. The number of pyridine rings is 1. The number of hydrogen-bond acceptors (Lipinski definition) is 7. The molecular weight excluding hydrogens is 442 g/mol. The molecule has 2 aromatic heterocycles. The molecular formula is C23H25N5O4S. The Morgan fingerprint density at radius 1 is 1.36 bits per heavy atom. The van der Waals surface area contributed by atoms with Gasteiger partial charge < -0.3 is 20.3 Å². The van der Waals surface area contributed by atoms with E-state index in [2.05, 4.69) is 21.7 Å². The molecule has 2 aromatic rings. The Balaban J connectivity index is 1.62. The van der Waals surface area contributed by atoms with Crippen LogP contribution in [-0.2, 0) is 27.3 Å². The lowest BCUT2D eigenvalue weighted by Crippen LogP contribution is -2.43. The second-order valence-corrected chi connectivity index (χ2v) is 9.45. The van der Waals surface area contributed by atoms with Crippen LogP contribution in [0, 0.1) is 11.3 Å². The number of carbonyl (C=O) groups excluding carboxylic acids is 3. The third kappa shape index (κ3) is 6.63. The molecule has 0 spiro atoms. The Morgan fingerprint density at radius 2 is 2.15 bits per heavy atom. The fraction of sp³-hybridized carbons (Fsp3) is 0.348. The van der Waals surface area contributed by atoms with Gasteiger partial charge in [0.1, 0.15) is 23.2 Å². The van der Waals surface area contributed by atoms with E-state index < -0.39 is 11.7 Å². The molecule has 0 bridgehead atoms. The third-order valence-corrected chi connectivity index (χ3v) is 5.78. The number of rotatable bonds is 5. The number of aromatic nitrogens is 1. The molecule has 0 radical (unpaired) electrons. The molecule has 33 heavy (non-hydrogen) atoms. The van der Waals surface area contributed by atoms with Crippen molar-refractivity contribution in [3.05, 3.63) is 52.2 Å². The van der Waals surface area contributed by atoms with Crippen LogP contribution in [0.3, 0.4) is 0 Å². The highest BCUT2D eigenvalue weighted by Gasteiger charge is 2.28. The van der Waals surface area contributed by atoms with Gasteiger partial charge in [0.2, 0.25) is 11.8 Å². The molecule has 0 unspecified atom stereocenters. The van der Waals surface area contributed by atoms with E-state index in [9.17, 15) is 19.6 Å². The minimum Gasteiger partial charge on any atom is -0.444 e. The molecule has 3 heterocycles. The van der Waals surface area contributed by atoms with Gasteiger partial charge in [0.25, 0.3) is 0 Å². The number of nitrogens with zero attached hydrogens (tertiary/aromatic N) is 3. The van der Waals surface area contributed by atoms with Gasteiger partial charge in [-0.3, -0.25) is 14.6 Å². The molecule has 3 amide bonds. The number of hydrogen-bond donors (Lipinski definition) is 2. The maximum absolute atomic E-state index is 12.5. The lowest BCUT2D eigenvalue weighted by Gasteiger charge is -2.27. The number of nitrogens with one attached hydrogen (secondary N) is 2. The molecule has 0 saturated carbocycles. The number of nitriles is 1. The van der Waals surface area contributed by atoms with Crippen LogP contribution in [0.1, 0.15) is 42.3 Å². The maximum Gasteiger partial charge on any atom is 0.408 e. The first kappa shape index (κ1) is 23.9. The van der Waals surface area contributed by atoms with Crippen molar-refractivity contribution in [1.29, 1.82) is 5.26 Å². The summed E-state index contributed by atoms with van der Waals surface area (Å²) < 4.78 is 5.15. The largest absolute Gasteiger partial charge is 0.444 e. The van der Waals surface area contributed by atoms with E-state index in [4.69, 9.17) is 4.74 Å². The summed E-state index contributed by atoms with van der Waals surface area (Å²) in [5, 5.41) is 15.3. The monoisotopic (exact) mass is 467 g/mol. The van der Waals surface area contributed by atoms with Gasteiger partial charge in [-0.05, 0) is 50.5 Å². The third-order valence-electron chi connectivity index (χ3n) is 4.65. The summed E-state index contributed by atoms with van der Waals surface area (Å²) in [6.07, 6.45) is 6.15. The number of thiophene rings is 1. The van der Waals surface area contributed by atoms with Crippen LogP contribution in [0.5, 0.6) is 0 Å². The number of fused-ring (bicyclic) bond motifs is 1. The van der Waals surface area contributed by atoms with Crippen molar-refractivity contribution in [2.45, 2.75) is 39.3 Å². The van der Waals surface area contributed by atoms with Crippen LogP contribution in [0.2, 0.25) is 0 Å². The van der Waals surface area contributed by atoms with Crippen LogP contribution in [-0.4, -0.2) is 46.5 Å². The Bertz CT molecular complexity index is 1110. The summed E-state index contributed by atoms with van der Waals surface area (Å²) in [4.78, 5) is 43.1. The first-order valence-electron chi connectivity index (χ1n) is 10.3. The summed E-state index contributed by atoms with van der Waals surface area (Å²) >= 11 is 1.28. The molecule has 0 fully saturated rings. The lowest BCUT2D eigenvalue weighted by atomic mass is 10.0. The van der Waals surface area contributed by atoms with Gasteiger partial charge >= 0.3 is 6.09 Å². The summed E-state index contributed by atoms with van der Waals surface area (Å²) in [6.45, 7) is 5.79. The Labute approximate surface area is 196 Å². The van der Waals surface area contributed by atoms with Crippen molar-refractivity contribution in [3.63, 3.8) is 0 Å². The fourth-order valence-corrected chi connectivity index (χ4v) is 4.41. The van der Waals surface area contributed by atoms with E-state index in [1.807, 2.05) is 6.07 Å². The van der Waals surface area contributed by atoms with Gasteiger partial charge in [-0.25, -0.2) is 4.79 Å². The predicted octanol–water partition coefficient (Wildman–Crippen LogP) is 3.08. The fourth-order valence-electron chi connectivity index (χ4n) is 3.20. The molecule has 0 saturated heterocycles. The molecule has 10 heteroatoms. The molecule has 0 atom stereocenters. The Hall–Kier alpha value is -3.71. The van der Waals surface area contributed by atoms with E-state index in [1.54, 1.807) is 50.2 Å². The molecule has 0 aromatic carbocycles. The predicted molar refractivity (Wildman–Crippen MR) is 124 cm³/mol. The summed E-state index contributed by atoms with van der Waals surface area (Å²) in [6, 6.07) is 5.77. The van der Waals surface area contributed by atoms with Gasteiger partial charge in [-0.1, -0.05) is 6.07 Å². The van der Waals surface area contributed by atoms with Crippen molar-refractivity contribution in [3.8, 4) is 6.07 Å². The summed E-state index contributed by atoms with van der Waals surface area (Å²) in [7, 11) is 0. The van der Waals surface area contributed by atoms with Gasteiger partial charge in [0, 0.05) is 29.9 Å². The minimum absolute atomic E-state index is 0.177. The van der Waals surface area contributed by atoms with Gasteiger partial charge in [0.05, 0.1) is 12.1 Å². The zero-order valence-corrected chi connectivity index (χ0v) is 19.5. The van der Waals surface area contributed by atoms with Crippen molar-refractivity contribution in [1.82, 2.24) is 15.2 Å². The average molecular weight is 468 g/mol. The number of anilines is 1. The van der Waals surface area contributed by atoms with Gasteiger partial charge in [0.15, 0.2) is 0 Å². The van der Waals surface area contributed by atoms with Crippen molar-refractivity contribution < 1.29 is 19.1 Å². The highest BCUT2D eigenvalue weighted by molar-refractivity contribution is 7.16. The number of alkyl carbamates (subject to hydrolysis) is 1.